The average molecular weight is 281 g/mol. The molecule has 1 saturated carbocycles. The van der Waals surface area contributed by atoms with E-state index in [9.17, 15) is 0 Å². The Kier molecular flexibility index (Phi) is 4.80. The summed E-state index contributed by atoms with van der Waals surface area (Å²) in [4.78, 5) is 1.39. The Balaban J connectivity index is 2.05. The maximum absolute atomic E-state index is 5.81. The molecular weight excluding hydrogens is 260 g/mol. The Bertz CT molecular complexity index is 408. The third-order valence-corrected chi connectivity index (χ3v) is 5.53. The van der Waals surface area contributed by atoms with Crippen molar-refractivity contribution in [3.05, 3.63) is 42.0 Å². The highest BCUT2D eigenvalue weighted by Gasteiger charge is 2.34. The van der Waals surface area contributed by atoms with E-state index in [2.05, 4.69) is 50.3 Å². The topological polar surface area (TPSA) is 0 Å². The van der Waals surface area contributed by atoms with Gasteiger partial charge in [0.15, 0.2) is 0 Å². The van der Waals surface area contributed by atoms with E-state index in [1.54, 1.807) is 5.57 Å². The monoisotopic (exact) mass is 280 g/mol. The normalized spacial score (nSPS) is 25.3. The smallest absolute Gasteiger partial charge is 0.0406 e. The van der Waals surface area contributed by atoms with E-state index in [-0.39, 0.29) is 0 Å². The highest BCUT2D eigenvalue weighted by atomic mass is 35.5. The van der Waals surface area contributed by atoms with E-state index in [4.69, 9.17) is 11.6 Å². The van der Waals surface area contributed by atoms with Crippen molar-refractivity contribution >= 4 is 23.4 Å². The first-order chi connectivity index (χ1) is 8.62. The van der Waals surface area contributed by atoms with Crippen molar-refractivity contribution in [2.75, 3.05) is 5.88 Å². The van der Waals surface area contributed by atoms with Crippen LogP contribution in [0.4, 0.5) is 0 Å². The van der Waals surface area contributed by atoms with E-state index in [1.165, 1.54) is 24.2 Å². The number of allylic oxidation sites excluding steroid dienone is 2. The van der Waals surface area contributed by atoms with Gasteiger partial charge in [-0.05, 0) is 36.8 Å². The summed E-state index contributed by atoms with van der Waals surface area (Å²) in [6.45, 7) is 4.77. The van der Waals surface area contributed by atoms with E-state index in [0.717, 1.165) is 0 Å². The maximum atomic E-state index is 5.81. The first kappa shape index (κ1) is 14.0. The molecule has 0 heterocycles. The van der Waals surface area contributed by atoms with E-state index >= 15 is 0 Å². The van der Waals surface area contributed by atoms with Crippen LogP contribution in [-0.4, -0.2) is 11.1 Å². The fourth-order valence-corrected chi connectivity index (χ4v) is 4.16. The lowest BCUT2D eigenvalue weighted by atomic mass is 9.74. The molecule has 1 unspecified atom stereocenters. The van der Waals surface area contributed by atoms with Gasteiger partial charge in [-0.2, -0.15) is 0 Å². The second-order valence-corrected chi connectivity index (χ2v) is 7.23. The Morgan fingerprint density at radius 1 is 1.33 bits per heavy atom. The molecule has 0 aliphatic heterocycles. The fraction of sp³-hybridized carbons (Fsp3) is 0.500. The number of hydrogen-bond acceptors (Lipinski definition) is 1. The van der Waals surface area contributed by atoms with E-state index < -0.39 is 0 Å². The van der Waals surface area contributed by atoms with Crippen LogP contribution >= 0.6 is 23.4 Å². The molecule has 0 nitrogen and oxygen atoms in total. The molecule has 0 saturated heterocycles. The Morgan fingerprint density at radius 2 is 2.06 bits per heavy atom. The molecule has 1 aliphatic carbocycles. The Morgan fingerprint density at radius 3 is 2.67 bits per heavy atom. The molecule has 1 aromatic carbocycles. The van der Waals surface area contributed by atoms with Crippen LogP contribution in [0.1, 0.15) is 33.1 Å². The summed E-state index contributed by atoms with van der Waals surface area (Å²) in [6.07, 6.45) is 5.85. The molecule has 0 bridgehead atoms. The van der Waals surface area contributed by atoms with Crippen LogP contribution in [-0.2, 0) is 0 Å². The van der Waals surface area contributed by atoms with Gasteiger partial charge in [0.1, 0.15) is 0 Å². The number of alkyl halides is 1. The number of benzene rings is 1. The van der Waals surface area contributed by atoms with Gasteiger partial charge >= 0.3 is 0 Å². The van der Waals surface area contributed by atoms with Gasteiger partial charge < -0.3 is 0 Å². The summed E-state index contributed by atoms with van der Waals surface area (Å²) in [5.41, 5.74) is 1.90. The summed E-state index contributed by atoms with van der Waals surface area (Å²) >= 11 is 7.84. The molecule has 1 atom stereocenters. The Hall–Kier alpha value is -0.400. The summed E-state index contributed by atoms with van der Waals surface area (Å²) in [5, 5.41) is 0.701. The van der Waals surface area contributed by atoms with Crippen LogP contribution in [0.2, 0.25) is 0 Å². The number of rotatable bonds is 3. The zero-order valence-corrected chi connectivity index (χ0v) is 12.7. The van der Waals surface area contributed by atoms with Crippen molar-refractivity contribution in [2.24, 2.45) is 5.41 Å². The minimum atomic E-state index is 0.358. The average Bonchev–Trinajstić information content (AvgIpc) is 2.34. The maximum Gasteiger partial charge on any atom is 0.0406 e. The number of thioether (sulfide) groups is 1. The third kappa shape index (κ3) is 3.55. The summed E-state index contributed by atoms with van der Waals surface area (Å²) in [5.74, 6) is 0.655. The van der Waals surface area contributed by atoms with Crippen LogP contribution in [0.5, 0.6) is 0 Å². The molecule has 1 aromatic rings. The molecule has 1 fully saturated rings. The second-order valence-electron chi connectivity index (χ2n) is 5.64. The van der Waals surface area contributed by atoms with Gasteiger partial charge in [-0.3, -0.25) is 0 Å². The van der Waals surface area contributed by atoms with E-state index in [1.807, 2.05) is 11.8 Å². The number of halogens is 1. The molecule has 0 spiro atoms. The lowest BCUT2D eigenvalue weighted by Crippen LogP contribution is -2.31. The van der Waals surface area contributed by atoms with Crippen molar-refractivity contribution < 1.29 is 0 Å². The van der Waals surface area contributed by atoms with Crippen LogP contribution in [0.15, 0.2) is 46.9 Å². The molecule has 0 radical (unpaired) electrons. The lowest BCUT2D eigenvalue weighted by molar-refractivity contribution is 0.302. The highest BCUT2D eigenvalue weighted by molar-refractivity contribution is 8.00. The minimum Gasteiger partial charge on any atom is -0.122 e. The van der Waals surface area contributed by atoms with Gasteiger partial charge in [0.25, 0.3) is 0 Å². The minimum absolute atomic E-state index is 0.358. The first-order valence-electron chi connectivity index (χ1n) is 6.57. The summed E-state index contributed by atoms with van der Waals surface area (Å²) in [7, 11) is 0. The zero-order valence-electron chi connectivity index (χ0n) is 11.2. The zero-order chi connectivity index (χ0) is 13.0. The third-order valence-electron chi connectivity index (χ3n) is 3.67. The lowest BCUT2D eigenvalue weighted by Gasteiger charge is -2.39. The molecule has 0 amide bonds. The van der Waals surface area contributed by atoms with Crippen LogP contribution in [0, 0.1) is 5.41 Å². The number of hydrogen-bond donors (Lipinski definition) is 0. The van der Waals surface area contributed by atoms with Gasteiger partial charge in [-0.15, -0.1) is 23.4 Å². The van der Waals surface area contributed by atoms with Crippen molar-refractivity contribution in [1.29, 1.82) is 0 Å². The molecule has 1 aliphatic rings. The van der Waals surface area contributed by atoms with Crippen LogP contribution in [0.3, 0.4) is 0 Å². The largest absolute Gasteiger partial charge is 0.122 e. The summed E-state index contributed by atoms with van der Waals surface area (Å²) in [6, 6.07) is 10.8. The van der Waals surface area contributed by atoms with Crippen LogP contribution in [0.25, 0.3) is 0 Å². The predicted molar refractivity (Wildman–Crippen MR) is 82.5 cm³/mol. The Labute approximate surface area is 120 Å². The second kappa shape index (κ2) is 6.16. The van der Waals surface area contributed by atoms with Gasteiger partial charge in [-0.25, -0.2) is 0 Å². The molecule has 0 aromatic heterocycles. The molecule has 2 heteroatoms. The van der Waals surface area contributed by atoms with Crippen molar-refractivity contribution in [2.45, 2.75) is 43.3 Å². The molecular formula is C16H21ClS. The van der Waals surface area contributed by atoms with Gasteiger partial charge in [0, 0.05) is 16.0 Å². The SMILES string of the molecule is CC1(C)CC(=CCCl)CCC1Sc1ccccc1. The van der Waals surface area contributed by atoms with Crippen molar-refractivity contribution in [3.8, 4) is 0 Å². The quantitative estimate of drug-likeness (QED) is 0.519. The van der Waals surface area contributed by atoms with Crippen LogP contribution < -0.4 is 0 Å². The predicted octanol–water partition coefficient (Wildman–Crippen LogP) is 5.52. The van der Waals surface area contributed by atoms with Gasteiger partial charge in [0.05, 0.1) is 0 Å². The van der Waals surface area contributed by atoms with Gasteiger partial charge in [0.2, 0.25) is 0 Å². The van der Waals surface area contributed by atoms with Gasteiger partial charge in [-0.1, -0.05) is 43.7 Å². The van der Waals surface area contributed by atoms with E-state index in [0.29, 0.717) is 16.5 Å². The molecule has 98 valence electrons. The van der Waals surface area contributed by atoms with Crippen molar-refractivity contribution in [1.82, 2.24) is 0 Å². The standard InChI is InChI=1S/C16H21ClS/c1-16(2)12-13(10-11-17)8-9-15(16)18-14-6-4-3-5-7-14/h3-7,10,15H,8-9,11-12H2,1-2H3. The molecule has 18 heavy (non-hydrogen) atoms. The molecule has 2 rings (SSSR count). The highest BCUT2D eigenvalue weighted by Crippen LogP contribution is 2.46. The first-order valence-corrected chi connectivity index (χ1v) is 7.99. The molecule has 0 N–H and O–H groups in total. The summed E-state index contributed by atoms with van der Waals surface area (Å²) < 4.78 is 0. The van der Waals surface area contributed by atoms with Crippen molar-refractivity contribution in [3.63, 3.8) is 0 Å². The fourth-order valence-electron chi connectivity index (χ4n) is 2.66.